The molecule has 3 aromatic carbocycles. The van der Waals surface area contributed by atoms with Crippen LogP contribution in [0, 0.1) is 0 Å². The van der Waals surface area contributed by atoms with Crippen LogP contribution in [0.2, 0.25) is 0 Å². The number of carbonyl (C=O) groups excluding carboxylic acids is 2. The fraction of sp³-hybridized carbons (Fsp3) is 0.167. The molecule has 33 heavy (non-hydrogen) atoms. The van der Waals surface area contributed by atoms with Crippen molar-refractivity contribution in [1.29, 1.82) is 0 Å². The number of anilines is 1. The van der Waals surface area contributed by atoms with E-state index in [2.05, 4.69) is 5.32 Å². The van der Waals surface area contributed by atoms with E-state index < -0.39 is 36.6 Å². The summed E-state index contributed by atoms with van der Waals surface area (Å²) in [5, 5.41) is 4.30. The Kier molecular flexibility index (Phi) is 5.95. The Balaban J connectivity index is 1.41. The van der Waals surface area contributed by atoms with Gasteiger partial charge in [0.1, 0.15) is 16.9 Å². The Bertz CT molecular complexity index is 1340. The van der Waals surface area contributed by atoms with Crippen LogP contribution in [0.5, 0.6) is 5.75 Å². The van der Waals surface area contributed by atoms with E-state index in [1.54, 1.807) is 12.1 Å². The minimum Gasteiger partial charge on any atom is -0.495 e. The first-order valence-electron chi connectivity index (χ1n) is 9.85. The summed E-state index contributed by atoms with van der Waals surface area (Å²) in [6.07, 6.45) is -4.91. The zero-order valence-electron chi connectivity index (χ0n) is 17.4. The normalized spacial score (nSPS) is 11.5. The smallest absolute Gasteiger partial charge is 0.416 e. The van der Waals surface area contributed by atoms with Crippen molar-refractivity contribution in [3.8, 4) is 5.75 Å². The second-order valence-electron chi connectivity index (χ2n) is 7.23. The van der Waals surface area contributed by atoms with Gasteiger partial charge in [-0.2, -0.15) is 13.2 Å². The predicted octanol–water partition coefficient (Wildman–Crippen LogP) is 5.34. The molecule has 9 heteroatoms. The molecule has 170 valence electrons. The molecule has 4 aromatic rings. The molecule has 1 amide bonds. The number of carbonyl (C=O) groups is 2. The number of benzene rings is 3. The zero-order chi connectivity index (χ0) is 23.6. The maximum absolute atomic E-state index is 12.8. The topological polar surface area (TPSA) is 77.8 Å². The van der Waals surface area contributed by atoms with Gasteiger partial charge in [-0.15, -0.1) is 0 Å². The number of para-hydroxylation sites is 1. The SMILES string of the molecule is COc1cc2c(cc1NC(=O)COC(=O)Cc1cccc(C(F)(F)F)c1)oc1ccccc12. The van der Waals surface area contributed by atoms with Gasteiger partial charge in [0.15, 0.2) is 6.61 Å². The summed E-state index contributed by atoms with van der Waals surface area (Å²) in [5.41, 5.74) is 0.809. The average Bonchev–Trinajstić information content (AvgIpc) is 3.14. The molecule has 0 saturated heterocycles. The molecule has 0 unspecified atom stereocenters. The van der Waals surface area contributed by atoms with Gasteiger partial charge in [0, 0.05) is 16.8 Å². The van der Waals surface area contributed by atoms with Crippen molar-refractivity contribution in [2.75, 3.05) is 19.0 Å². The van der Waals surface area contributed by atoms with Crippen molar-refractivity contribution in [2.24, 2.45) is 0 Å². The number of rotatable bonds is 6. The average molecular weight is 457 g/mol. The second-order valence-corrected chi connectivity index (χ2v) is 7.23. The van der Waals surface area contributed by atoms with Crippen LogP contribution in [-0.2, 0) is 26.9 Å². The minimum atomic E-state index is -4.51. The lowest BCUT2D eigenvalue weighted by Crippen LogP contribution is -2.22. The monoisotopic (exact) mass is 457 g/mol. The molecule has 0 bridgehead atoms. The number of ether oxygens (including phenoxy) is 2. The van der Waals surface area contributed by atoms with Crippen LogP contribution in [0.25, 0.3) is 21.9 Å². The van der Waals surface area contributed by atoms with Crippen molar-refractivity contribution >= 4 is 39.5 Å². The van der Waals surface area contributed by atoms with Crippen molar-refractivity contribution < 1.29 is 36.7 Å². The van der Waals surface area contributed by atoms with Gasteiger partial charge in [-0.05, 0) is 23.8 Å². The van der Waals surface area contributed by atoms with Crippen molar-refractivity contribution in [2.45, 2.75) is 12.6 Å². The largest absolute Gasteiger partial charge is 0.495 e. The zero-order valence-corrected chi connectivity index (χ0v) is 17.4. The summed E-state index contributed by atoms with van der Waals surface area (Å²) < 4.78 is 54.5. The highest BCUT2D eigenvalue weighted by atomic mass is 19.4. The third-order valence-corrected chi connectivity index (χ3v) is 4.94. The Morgan fingerprint density at radius 3 is 2.52 bits per heavy atom. The maximum atomic E-state index is 12.8. The highest BCUT2D eigenvalue weighted by molar-refractivity contribution is 6.07. The molecule has 0 radical (unpaired) electrons. The molecule has 0 spiro atoms. The third-order valence-electron chi connectivity index (χ3n) is 4.94. The molecule has 1 heterocycles. The van der Waals surface area contributed by atoms with E-state index in [0.717, 1.165) is 22.9 Å². The molecule has 1 N–H and O–H groups in total. The van der Waals surface area contributed by atoms with Crippen LogP contribution in [-0.4, -0.2) is 25.6 Å². The summed E-state index contributed by atoms with van der Waals surface area (Å²) in [7, 11) is 1.45. The van der Waals surface area contributed by atoms with E-state index in [4.69, 9.17) is 13.9 Å². The molecule has 0 aliphatic heterocycles. The van der Waals surface area contributed by atoms with Gasteiger partial charge >= 0.3 is 12.1 Å². The van der Waals surface area contributed by atoms with Crippen LogP contribution in [0.4, 0.5) is 18.9 Å². The Morgan fingerprint density at radius 2 is 1.76 bits per heavy atom. The number of nitrogens with one attached hydrogen (secondary N) is 1. The second kappa shape index (κ2) is 8.85. The van der Waals surface area contributed by atoms with Crippen LogP contribution in [0.3, 0.4) is 0 Å². The fourth-order valence-electron chi connectivity index (χ4n) is 3.43. The Labute approximate surface area is 185 Å². The number of alkyl halides is 3. The first kappa shape index (κ1) is 22.2. The van der Waals surface area contributed by atoms with E-state index in [0.29, 0.717) is 22.6 Å². The summed E-state index contributed by atoms with van der Waals surface area (Å²) in [4.78, 5) is 24.3. The number of esters is 1. The predicted molar refractivity (Wildman–Crippen MR) is 115 cm³/mol. The minimum absolute atomic E-state index is 0.132. The van der Waals surface area contributed by atoms with Gasteiger partial charge in [0.25, 0.3) is 5.91 Å². The van der Waals surface area contributed by atoms with Gasteiger partial charge in [0.05, 0.1) is 24.8 Å². The molecule has 0 saturated carbocycles. The summed E-state index contributed by atoms with van der Waals surface area (Å²) >= 11 is 0. The van der Waals surface area contributed by atoms with Gasteiger partial charge in [0.2, 0.25) is 0 Å². The lowest BCUT2D eigenvalue weighted by molar-refractivity contribution is -0.146. The first-order valence-corrected chi connectivity index (χ1v) is 9.85. The molecular weight excluding hydrogens is 439 g/mol. The van der Waals surface area contributed by atoms with Gasteiger partial charge in [-0.3, -0.25) is 9.59 Å². The van der Waals surface area contributed by atoms with Gasteiger partial charge in [-0.25, -0.2) is 0 Å². The van der Waals surface area contributed by atoms with E-state index >= 15 is 0 Å². The lowest BCUT2D eigenvalue weighted by Gasteiger charge is -2.11. The van der Waals surface area contributed by atoms with Gasteiger partial charge in [-0.1, -0.05) is 36.4 Å². The first-order chi connectivity index (χ1) is 15.7. The molecular formula is C24H18F3NO5. The highest BCUT2D eigenvalue weighted by Crippen LogP contribution is 2.36. The van der Waals surface area contributed by atoms with Crippen molar-refractivity contribution in [1.82, 2.24) is 0 Å². The molecule has 4 rings (SSSR count). The molecule has 6 nitrogen and oxygen atoms in total. The summed E-state index contributed by atoms with van der Waals surface area (Å²) in [6, 6.07) is 15.2. The number of amides is 1. The standard InChI is InChI=1S/C24H18F3NO5/c1-31-21-11-17-16-7-2-3-8-19(16)33-20(17)12-18(21)28-22(29)13-32-23(30)10-14-5-4-6-15(9-14)24(25,26)27/h2-9,11-12H,10,13H2,1H3,(H,28,29). The molecule has 0 aliphatic rings. The fourth-order valence-corrected chi connectivity index (χ4v) is 3.43. The maximum Gasteiger partial charge on any atom is 0.416 e. The number of fused-ring (bicyclic) bond motifs is 3. The molecule has 0 fully saturated rings. The van der Waals surface area contributed by atoms with Gasteiger partial charge < -0.3 is 19.2 Å². The van der Waals surface area contributed by atoms with Crippen LogP contribution < -0.4 is 10.1 Å². The number of furan rings is 1. The van der Waals surface area contributed by atoms with E-state index in [1.807, 2.05) is 24.3 Å². The summed E-state index contributed by atoms with van der Waals surface area (Å²) in [5.74, 6) is -1.08. The van der Waals surface area contributed by atoms with Crippen LogP contribution in [0.15, 0.2) is 65.1 Å². The molecule has 1 aromatic heterocycles. The van der Waals surface area contributed by atoms with Crippen molar-refractivity contribution in [3.05, 3.63) is 71.8 Å². The number of hydrogen-bond acceptors (Lipinski definition) is 5. The number of methoxy groups -OCH3 is 1. The van der Waals surface area contributed by atoms with Crippen LogP contribution in [0.1, 0.15) is 11.1 Å². The Hall–Kier alpha value is -4.01. The highest BCUT2D eigenvalue weighted by Gasteiger charge is 2.30. The molecule has 0 aliphatic carbocycles. The summed E-state index contributed by atoms with van der Waals surface area (Å²) in [6.45, 7) is -0.612. The van der Waals surface area contributed by atoms with E-state index in [1.165, 1.54) is 19.2 Å². The lowest BCUT2D eigenvalue weighted by atomic mass is 10.1. The van der Waals surface area contributed by atoms with Crippen molar-refractivity contribution in [3.63, 3.8) is 0 Å². The third kappa shape index (κ3) is 4.92. The van der Waals surface area contributed by atoms with Crippen LogP contribution >= 0.6 is 0 Å². The number of halogens is 3. The number of hydrogen-bond donors (Lipinski definition) is 1. The van der Waals surface area contributed by atoms with E-state index in [-0.39, 0.29) is 5.56 Å². The molecule has 0 atom stereocenters. The Morgan fingerprint density at radius 1 is 0.970 bits per heavy atom. The van der Waals surface area contributed by atoms with E-state index in [9.17, 15) is 22.8 Å². The quantitative estimate of drug-likeness (QED) is 0.396.